The molecule has 1 aromatic heterocycles. The first kappa shape index (κ1) is 19.8. The van der Waals surface area contributed by atoms with E-state index in [9.17, 15) is 9.59 Å². The quantitative estimate of drug-likeness (QED) is 0.702. The van der Waals surface area contributed by atoms with Gasteiger partial charge in [-0.3, -0.25) is 9.59 Å². The molecule has 2 aromatic carbocycles. The lowest BCUT2D eigenvalue weighted by molar-refractivity contribution is 0.102. The number of benzene rings is 2. The van der Waals surface area contributed by atoms with Crippen molar-refractivity contribution in [3.63, 3.8) is 0 Å². The standard InChI is InChI=1S/C24H25FN4O2/c1-27-9-11-28(12-10-27)22-14-21-18(13-20(22)25)23(30)19(15-29(21)17-7-8-17)24(31)26-16-5-3-2-4-6-16/h2-6,13-15,17H,7-12H2,1H3,(H,26,31). The average Bonchev–Trinajstić information content (AvgIpc) is 3.61. The lowest BCUT2D eigenvalue weighted by atomic mass is 10.1. The predicted octanol–water partition coefficient (Wildman–Crippen LogP) is 3.48. The first-order valence-electron chi connectivity index (χ1n) is 10.7. The van der Waals surface area contributed by atoms with Crippen LogP contribution in [0, 0.1) is 5.82 Å². The normalized spacial score (nSPS) is 17.2. The third kappa shape index (κ3) is 3.81. The lowest BCUT2D eigenvalue weighted by Gasteiger charge is -2.34. The molecule has 1 amide bonds. The molecule has 7 heteroatoms. The topological polar surface area (TPSA) is 57.6 Å². The van der Waals surface area contributed by atoms with Crippen molar-refractivity contribution in [3.05, 3.63) is 70.3 Å². The number of likely N-dealkylation sites (N-methyl/N-ethyl adjacent to an activating group) is 1. The second kappa shape index (κ2) is 7.81. The number of pyridine rings is 1. The van der Waals surface area contributed by atoms with Crippen LogP contribution in [0.2, 0.25) is 0 Å². The fraction of sp³-hybridized carbons (Fsp3) is 0.333. The molecule has 0 atom stereocenters. The fourth-order valence-electron chi connectivity index (χ4n) is 4.18. The second-order valence-corrected chi connectivity index (χ2v) is 8.44. The summed E-state index contributed by atoms with van der Waals surface area (Å²) < 4.78 is 17.1. The number of para-hydroxylation sites is 1. The minimum atomic E-state index is -0.476. The van der Waals surface area contributed by atoms with Crippen LogP contribution in [0.25, 0.3) is 10.9 Å². The molecule has 0 bridgehead atoms. The van der Waals surface area contributed by atoms with Gasteiger partial charge in [-0.1, -0.05) is 18.2 Å². The largest absolute Gasteiger partial charge is 0.367 e. The van der Waals surface area contributed by atoms with Gasteiger partial charge in [0.25, 0.3) is 5.91 Å². The lowest BCUT2D eigenvalue weighted by Crippen LogP contribution is -2.44. The van der Waals surface area contributed by atoms with Crippen LogP contribution >= 0.6 is 0 Å². The molecule has 1 N–H and O–H groups in total. The Balaban J connectivity index is 1.58. The fourth-order valence-corrected chi connectivity index (χ4v) is 4.18. The number of nitrogens with zero attached hydrogens (tertiary/aromatic N) is 3. The summed E-state index contributed by atoms with van der Waals surface area (Å²) in [7, 11) is 2.06. The van der Waals surface area contributed by atoms with Gasteiger partial charge >= 0.3 is 0 Å². The van der Waals surface area contributed by atoms with E-state index >= 15 is 4.39 Å². The van der Waals surface area contributed by atoms with Crippen LogP contribution in [0.3, 0.4) is 0 Å². The zero-order valence-corrected chi connectivity index (χ0v) is 17.5. The number of carbonyl (C=O) groups excluding carboxylic acids is 1. The van der Waals surface area contributed by atoms with E-state index in [1.54, 1.807) is 24.4 Å². The molecule has 6 nitrogen and oxygen atoms in total. The van der Waals surface area contributed by atoms with Gasteiger partial charge in [0.05, 0.1) is 11.2 Å². The summed E-state index contributed by atoms with van der Waals surface area (Å²) in [5.74, 6) is -0.895. The van der Waals surface area contributed by atoms with Crippen molar-refractivity contribution in [1.29, 1.82) is 0 Å². The first-order valence-corrected chi connectivity index (χ1v) is 10.7. The van der Waals surface area contributed by atoms with Crippen LogP contribution in [0.4, 0.5) is 15.8 Å². The number of nitrogens with one attached hydrogen (secondary N) is 1. The molecule has 0 spiro atoms. The third-order valence-corrected chi connectivity index (χ3v) is 6.16. The second-order valence-electron chi connectivity index (χ2n) is 8.44. The molecule has 1 saturated heterocycles. The van der Waals surface area contributed by atoms with Crippen molar-refractivity contribution >= 4 is 28.2 Å². The van der Waals surface area contributed by atoms with E-state index in [1.165, 1.54) is 6.07 Å². The zero-order chi connectivity index (χ0) is 21.5. The van der Waals surface area contributed by atoms with Gasteiger partial charge in [-0.05, 0) is 44.2 Å². The van der Waals surface area contributed by atoms with E-state index in [0.717, 1.165) is 39.0 Å². The van der Waals surface area contributed by atoms with E-state index < -0.39 is 17.2 Å². The number of fused-ring (bicyclic) bond motifs is 1. The molecule has 0 unspecified atom stereocenters. The first-order chi connectivity index (χ1) is 15.0. The monoisotopic (exact) mass is 420 g/mol. The maximum absolute atomic E-state index is 15.1. The third-order valence-electron chi connectivity index (χ3n) is 6.16. The maximum Gasteiger partial charge on any atom is 0.261 e. The van der Waals surface area contributed by atoms with Crippen LogP contribution in [-0.2, 0) is 0 Å². The number of anilines is 2. The van der Waals surface area contributed by atoms with Gasteiger partial charge in [-0.15, -0.1) is 0 Å². The Bertz CT molecular complexity index is 1200. The van der Waals surface area contributed by atoms with Crippen molar-refractivity contribution < 1.29 is 9.18 Å². The summed E-state index contributed by atoms with van der Waals surface area (Å²) in [6, 6.07) is 12.3. The summed E-state index contributed by atoms with van der Waals surface area (Å²) in [6.45, 7) is 3.21. The van der Waals surface area contributed by atoms with Gasteiger partial charge in [0.1, 0.15) is 11.4 Å². The van der Waals surface area contributed by atoms with E-state index in [1.807, 2.05) is 27.7 Å². The molecule has 2 aliphatic rings. The van der Waals surface area contributed by atoms with Gasteiger partial charge < -0.3 is 19.7 Å². The Labute approximate surface area is 179 Å². The van der Waals surface area contributed by atoms with Gasteiger partial charge in [0.15, 0.2) is 0 Å². The summed E-state index contributed by atoms with van der Waals surface area (Å²) in [5, 5.41) is 3.03. The van der Waals surface area contributed by atoms with E-state index in [4.69, 9.17) is 0 Å². The van der Waals surface area contributed by atoms with Crippen molar-refractivity contribution in [2.75, 3.05) is 43.4 Å². The molecular formula is C24H25FN4O2. The molecule has 2 heterocycles. The SMILES string of the molecule is CN1CCN(c2cc3c(cc2F)c(=O)c(C(=O)Nc2ccccc2)cn3C2CC2)CC1. The summed E-state index contributed by atoms with van der Waals surface area (Å²) in [4.78, 5) is 30.3. The molecule has 0 radical (unpaired) electrons. The predicted molar refractivity (Wildman–Crippen MR) is 121 cm³/mol. The molecular weight excluding hydrogens is 395 g/mol. The van der Waals surface area contributed by atoms with Crippen molar-refractivity contribution in [2.45, 2.75) is 18.9 Å². The number of aromatic nitrogens is 1. The van der Waals surface area contributed by atoms with Gasteiger partial charge in [0, 0.05) is 49.5 Å². The number of amides is 1. The Hall–Kier alpha value is -3.19. The number of carbonyl (C=O) groups is 1. The molecule has 1 aliphatic heterocycles. The Morgan fingerprint density at radius 2 is 1.77 bits per heavy atom. The van der Waals surface area contributed by atoms with Crippen LogP contribution < -0.4 is 15.6 Å². The minimum Gasteiger partial charge on any atom is -0.367 e. The molecule has 5 rings (SSSR count). The molecule has 3 aromatic rings. The molecule has 2 fully saturated rings. The number of hydrogen-bond acceptors (Lipinski definition) is 4. The summed E-state index contributed by atoms with van der Waals surface area (Å²) in [5.41, 5.74) is 1.43. The molecule has 1 aliphatic carbocycles. The van der Waals surface area contributed by atoms with Gasteiger partial charge in [0.2, 0.25) is 5.43 Å². The van der Waals surface area contributed by atoms with E-state index in [2.05, 4.69) is 17.3 Å². The van der Waals surface area contributed by atoms with Crippen molar-refractivity contribution in [2.24, 2.45) is 0 Å². The zero-order valence-electron chi connectivity index (χ0n) is 17.5. The number of hydrogen-bond donors (Lipinski definition) is 1. The van der Waals surface area contributed by atoms with Crippen molar-refractivity contribution in [3.8, 4) is 0 Å². The Kier molecular flexibility index (Phi) is 4.98. The highest BCUT2D eigenvalue weighted by atomic mass is 19.1. The van der Waals surface area contributed by atoms with Crippen LogP contribution in [0.15, 0.2) is 53.5 Å². The summed E-state index contributed by atoms with van der Waals surface area (Å²) in [6.07, 6.45) is 3.62. The Morgan fingerprint density at radius 1 is 1.06 bits per heavy atom. The number of piperazine rings is 1. The highest BCUT2D eigenvalue weighted by Crippen LogP contribution is 2.38. The average molecular weight is 420 g/mol. The number of halogens is 1. The molecule has 31 heavy (non-hydrogen) atoms. The van der Waals surface area contributed by atoms with Crippen molar-refractivity contribution in [1.82, 2.24) is 9.47 Å². The van der Waals surface area contributed by atoms with E-state index in [0.29, 0.717) is 16.9 Å². The van der Waals surface area contributed by atoms with Gasteiger partial charge in [-0.25, -0.2) is 4.39 Å². The smallest absolute Gasteiger partial charge is 0.261 e. The Morgan fingerprint density at radius 3 is 2.45 bits per heavy atom. The highest BCUT2D eigenvalue weighted by Gasteiger charge is 2.28. The van der Waals surface area contributed by atoms with E-state index in [-0.39, 0.29) is 17.0 Å². The summed E-state index contributed by atoms with van der Waals surface area (Å²) >= 11 is 0. The molecule has 1 saturated carbocycles. The van der Waals surface area contributed by atoms with Crippen LogP contribution in [0.1, 0.15) is 29.2 Å². The number of rotatable bonds is 4. The minimum absolute atomic E-state index is 0.0370. The highest BCUT2D eigenvalue weighted by molar-refractivity contribution is 6.06. The van der Waals surface area contributed by atoms with Crippen LogP contribution in [-0.4, -0.2) is 48.6 Å². The van der Waals surface area contributed by atoms with Gasteiger partial charge in [-0.2, -0.15) is 0 Å². The molecule has 160 valence electrons. The maximum atomic E-state index is 15.1. The van der Waals surface area contributed by atoms with Crippen LogP contribution in [0.5, 0.6) is 0 Å².